The molecule has 26 heavy (non-hydrogen) atoms. The molecule has 2 aromatic heterocycles. The van der Waals surface area contributed by atoms with E-state index in [9.17, 15) is 21.6 Å². The molecule has 0 radical (unpaired) electrons. The number of nitrogens with two attached hydrogens (primary N) is 1. The summed E-state index contributed by atoms with van der Waals surface area (Å²) in [6.45, 7) is 0. The number of nitrogens with zero attached hydrogens (tertiary/aromatic N) is 3. The lowest BCUT2D eigenvalue weighted by Crippen LogP contribution is -2.12. The summed E-state index contributed by atoms with van der Waals surface area (Å²) < 4.78 is 64.2. The van der Waals surface area contributed by atoms with Gasteiger partial charge in [0.05, 0.1) is 31.6 Å². The number of hydrogen-bond acceptors (Lipinski definition) is 6. The van der Waals surface area contributed by atoms with Gasteiger partial charge in [0.15, 0.2) is 5.69 Å². The standard InChI is InChI=1S/C14H9F3N4O2S3/c15-14(16,17)13-12-10(11-9(5-24-12)19-6-25-11)21(20-13)7-1-3-8(4-2-7)26(18,22)23/h1-4,6H,5H2,(H2,18,22,23). The van der Waals surface area contributed by atoms with Crippen LogP contribution in [-0.4, -0.2) is 23.2 Å². The third-order valence-corrected chi connectivity index (χ3v) is 6.63. The van der Waals surface area contributed by atoms with Crippen LogP contribution in [0.5, 0.6) is 0 Å². The van der Waals surface area contributed by atoms with Crippen LogP contribution >= 0.6 is 23.1 Å². The average Bonchev–Trinajstić information content (AvgIpc) is 3.17. The van der Waals surface area contributed by atoms with E-state index in [0.29, 0.717) is 27.7 Å². The van der Waals surface area contributed by atoms with Crippen LogP contribution in [0.3, 0.4) is 0 Å². The summed E-state index contributed by atoms with van der Waals surface area (Å²) in [5.41, 5.74) is 1.92. The lowest BCUT2D eigenvalue weighted by atomic mass is 10.2. The van der Waals surface area contributed by atoms with E-state index in [4.69, 9.17) is 5.14 Å². The largest absolute Gasteiger partial charge is 0.436 e. The molecule has 6 nitrogen and oxygen atoms in total. The molecular weight excluding hydrogens is 409 g/mol. The first-order valence-electron chi connectivity index (χ1n) is 7.05. The van der Waals surface area contributed by atoms with E-state index in [1.807, 2.05) is 0 Å². The van der Waals surface area contributed by atoms with Gasteiger partial charge in [-0.3, -0.25) is 0 Å². The van der Waals surface area contributed by atoms with Gasteiger partial charge in [-0.2, -0.15) is 18.3 Å². The molecule has 4 rings (SSSR count). The zero-order valence-electron chi connectivity index (χ0n) is 12.7. The normalized spacial score (nSPS) is 14.2. The van der Waals surface area contributed by atoms with Crippen molar-refractivity contribution in [2.24, 2.45) is 5.14 Å². The van der Waals surface area contributed by atoms with Gasteiger partial charge in [-0.25, -0.2) is 23.2 Å². The highest BCUT2D eigenvalue weighted by molar-refractivity contribution is 7.98. The molecule has 0 saturated carbocycles. The van der Waals surface area contributed by atoms with Crippen molar-refractivity contribution in [1.82, 2.24) is 14.8 Å². The van der Waals surface area contributed by atoms with Crippen LogP contribution < -0.4 is 5.14 Å². The molecule has 0 fully saturated rings. The summed E-state index contributed by atoms with van der Waals surface area (Å²) >= 11 is 2.28. The number of benzene rings is 1. The Balaban J connectivity index is 1.94. The molecule has 0 atom stereocenters. The summed E-state index contributed by atoms with van der Waals surface area (Å²) in [5.74, 6) is 0.338. The zero-order chi connectivity index (χ0) is 18.7. The molecule has 136 valence electrons. The highest BCUT2D eigenvalue weighted by Crippen LogP contribution is 2.49. The second kappa shape index (κ2) is 5.81. The minimum absolute atomic E-state index is 0.0461. The fourth-order valence-electron chi connectivity index (χ4n) is 2.59. The summed E-state index contributed by atoms with van der Waals surface area (Å²) in [7, 11) is -3.90. The van der Waals surface area contributed by atoms with E-state index in [1.165, 1.54) is 40.3 Å². The predicted octanol–water partition coefficient (Wildman–Crippen LogP) is 3.27. The molecule has 1 aromatic carbocycles. The number of primary sulfonamides is 1. The number of fused-ring (bicyclic) bond motifs is 3. The van der Waals surface area contributed by atoms with Gasteiger partial charge in [-0.1, -0.05) is 0 Å². The van der Waals surface area contributed by atoms with Gasteiger partial charge in [-0.15, -0.1) is 23.1 Å². The van der Waals surface area contributed by atoms with E-state index < -0.39 is 21.9 Å². The van der Waals surface area contributed by atoms with Crippen molar-refractivity contribution in [3.8, 4) is 16.3 Å². The molecule has 1 aliphatic heterocycles. The summed E-state index contributed by atoms with van der Waals surface area (Å²) in [6, 6.07) is 5.20. The van der Waals surface area contributed by atoms with Crippen molar-refractivity contribution in [3.63, 3.8) is 0 Å². The topological polar surface area (TPSA) is 90.9 Å². The number of rotatable bonds is 2. The molecule has 0 unspecified atom stereocenters. The fraction of sp³-hybridized carbons (Fsp3) is 0.143. The number of hydrogen-bond donors (Lipinski definition) is 1. The lowest BCUT2D eigenvalue weighted by Gasteiger charge is -2.14. The second-order valence-electron chi connectivity index (χ2n) is 5.39. The van der Waals surface area contributed by atoms with Crippen molar-refractivity contribution >= 4 is 33.1 Å². The van der Waals surface area contributed by atoms with E-state index in [1.54, 1.807) is 5.51 Å². The van der Waals surface area contributed by atoms with Crippen molar-refractivity contribution in [1.29, 1.82) is 0 Å². The van der Waals surface area contributed by atoms with Crippen molar-refractivity contribution in [2.45, 2.75) is 21.7 Å². The molecule has 0 spiro atoms. The van der Waals surface area contributed by atoms with Crippen LogP contribution in [0.1, 0.15) is 11.4 Å². The number of alkyl halides is 3. The van der Waals surface area contributed by atoms with Crippen molar-refractivity contribution < 1.29 is 21.6 Å². The smallest absolute Gasteiger partial charge is 0.248 e. The summed E-state index contributed by atoms with van der Waals surface area (Å²) in [5, 5.41) is 8.83. The molecule has 12 heteroatoms. The minimum Gasteiger partial charge on any atom is -0.248 e. The Labute approximate surface area is 153 Å². The van der Waals surface area contributed by atoms with Crippen LogP contribution in [0.25, 0.3) is 16.3 Å². The summed E-state index contributed by atoms with van der Waals surface area (Å²) in [4.78, 5) is 4.72. The molecule has 3 aromatic rings. The number of thiazole rings is 1. The van der Waals surface area contributed by atoms with E-state index in [0.717, 1.165) is 11.8 Å². The van der Waals surface area contributed by atoms with Crippen LogP contribution in [0.15, 0.2) is 39.6 Å². The monoisotopic (exact) mass is 418 g/mol. The summed E-state index contributed by atoms with van der Waals surface area (Å²) in [6.07, 6.45) is -4.61. The van der Waals surface area contributed by atoms with Crippen molar-refractivity contribution in [2.75, 3.05) is 0 Å². The maximum Gasteiger partial charge on any atom is 0.436 e. The van der Waals surface area contributed by atoms with Crippen molar-refractivity contribution in [3.05, 3.63) is 41.2 Å². The Hall–Kier alpha value is -1.89. The number of thioether (sulfide) groups is 1. The maximum atomic E-state index is 13.4. The van der Waals surface area contributed by atoms with Gasteiger partial charge in [0, 0.05) is 5.75 Å². The van der Waals surface area contributed by atoms with Gasteiger partial charge < -0.3 is 0 Å². The molecular formula is C14H9F3N4O2S3. The van der Waals surface area contributed by atoms with Crippen LogP contribution in [0.4, 0.5) is 13.2 Å². The molecule has 0 saturated heterocycles. The van der Waals surface area contributed by atoms with Gasteiger partial charge in [0.2, 0.25) is 10.0 Å². The second-order valence-corrected chi connectivity index (χ2v) is 8.79. The minimum atomic E-state index is -4.61. The Morgan fingerprint density at radius 3 is 2.50 bits per heavy atom. The molecule has 2 N–H and O–H groups in total. The van der Waals surface area contributed by atoms with E-state index in [2.05, 4.69) is 10.1 Å². The fourth-order valence-corrected chi connectivity index (χ4v) is 5.23. The SMILES string of the molecule is NS(=O)(=O)c1ccc(-n2nc(C(F)(F)F)c3c2-c2scnc2CS3)cc1. The highest BCUT2D eigenvalue weighted by Gasteiger charge is 2.42. The number of aromatic nitrogens is 3. The third-order valence-electron chi connectivity index (χ3n) is 3.73. The Bertz CT molecular complexity index is 1100. The number of sulfonamides is 1. The Morgan fingerprint density at radius 2 is 1.88 bits per heavy atom. The Kier molecular flexibility index (Phi) is 3.91. The van der Waals surface area contributed by atoms with Crippen LogP contribution in [0.2, 0.25) is 0 Å². The highest BCUT2D eigenvalue weighted by atomic mass is 32.2. The van der Waals surface area contributed by atoms with E-state index >= 15 is 0 Å². The third kappa shape index (κ3) is 2.82. The molecule has 0 bridgehead atoms. The van der Waals surface area contributed by atoms with Gasteiger partial charge in [0.1, 0.15) is 5.69 Å². The van der Waals surface area contributed by atoms with E-state index in [-0.39, 0.29) is 9.79 Å². The quantitative estimate of drug-likeness (QED) is 0.690. The Morgan fingerprint density at radius 1 is 1.19 bits per heavy atom. The van der Waals surface area contributed by atoms with Gasteiger partial charge >= 0.3 is 6.18 Å². The number of halogens is 3. The van der Waals surface area contributed by atoms with Gasteiger partial charge in [-0.05, 0) is 24.3 Å². The average molecular weight is 418 g/mol. The molecule has 1 aliphatic rings. The zero-order valence-corrected chi connectivity index (χ0v) is 15.1. The van der Waals surface area contributed by atoms with Gasteiger partial charge in [0.25, 0.3) is 0 Å². The van der Waals surface area contributed by atoms with Crippen LogP contribution in [-0.2, 0) is 22.0 Å². The maximum absolute atomic E-state index is 13.4. The molecule has 0 aliphatic carbocycles. The molecule has 0 amide bonds. The lowest BCUT2D eigenvalue weighted by molar-refractivity contribution is -0.143. The van der Waals surface area contributed by atoms with Crippen LogP contribution in [0, 0.1) is 0 Å². The first-order chi connectivity index (χ1) is 12.2. The first-order valence-corrected chi connectivity index (χ1v) is 10.5. The predicted molar refractivity (Wildman–Crippen MR) is 90.6 cm³/mol. The first kappa shape index (κ1) is 17.5. The molecule has 3 heterocycles.